The van der Waals surface area contributed by atoms with Crippen LogP contribution in [0.1, 0.15) is 10.4 Å². The fraction of sp³-hybridized carbons (Fsp3) is 0. The third kappa shape index (κ3) is 2.64. The molecule has 0 aromatic heterocycles. The van der Waals surface area contributed by atoms with Gasteiger partial charge in [-0.3, -0.25) is 0 Å². The molecule has 0 saturated carbocycles. The standard InChI is InChI=1S/C7H3ClF2O2.Na/c8-6-4(10)2-1-3(9)5(6)7(11)12;/h1-2H,(H,11,12);/q;+1/p-1. The van der Waals surface area contributed by atoms with Gasteiger partial charge in [0.05, 0.1) is 16.6 Å². The minimum atomic E-state index is -1.84. The minimum Gasteiger partial charge on any atom is -0.545 e. The fourth-order valence-electron chi connectivity index (χ4n) is 0.714. The quantitative estimate of drug-likeness (QED) is 0.400. The van der Waals surface area contributed by atoms with E-state index in [0.717, 1.165) is 6.07 Å². The molecule has 1 rings (SSSR count). The van der Waals surface area contributed by atoms with Gasteiger partial charge in [-0.25, -0.2) is 8.78 Å². The van der Waals surface area contributed by atoms with E-state index in [-0.39, 0.29) is 29.6 Å². The molecule has 2 nitrogen and oxygen atoms in total. The molecule has 0 atom stereocenters. The predicted octanol–water partition coefficient (Wildman–Crippen LogP) is -2.01. The van der Waals surface area contributed by atoms with Gasteiger partial charge >= 0.3 is 29.6 Å². The van der Waals surface area contributed by atoms with E-state index < -0.39 is 28.2 Å². The Morgan fingerprint density at radius 2 is 1.77 bits per heavy atom. The summed E-state index contributed by atoms with van der Waals surface area (Å²) in [5.41, 5.74) is -0.948. The third-order valence-electron chi connectivity index (χ3n) is 1.25. The SMILES string of the molecule is O=C([O-])c1c(F)ccc(F)c1Cl.[Na+]. The summed E-state index contributed by atoms with van der Waals surface area (Å²) < 4.78 is 25.1. The van der Waals surface area contributed by atoms with Gasteiger partial charge in [0, 0.05) is 0 Å². The Morgan fingerprint density at radius 3 is 2.15 bits per heavy atom. The number of halogens is 3. The van der Waals surface area contributed by atoms with Crippen molar-refractivity contribution in [3.8, 4) is 0 Å². The van der Waals surface area contributed by atoms with E-state index >= 15 is 0 Å². The van der Waals surface area contributed by atoms with Gasteiger partial charge in [-0.1, -0.05) is 11.6 Å². The van der Waals surface area contributed by atoms with Crippen LogP contribution in [-0.4, -0.2) is 5.97 Å². The van der Waals surface area contributed by atoms with Gasteiger partial charge in [-0.05, 0) is 12.1 Å². The molecule has 1 aromatic rings. The zero-order valence-corrected chi connectivity index (χ0v) is 9.36. The predicted molar refractivity (Wildman–Crippen MR) is 35.7 cm³/mol. The monoisotopic (exact) mass is 214 g/mol. The van der Waals surface area contributed by atoms with Crippen molar-refractivity contribution in [2.75, 3.05) is 0 Å². The van der Waals surface area contributed by atoms with Gasteiger partial charge < -0.3 is 9.90 Å². The second-order valence-electron chi connectivity index (χ2n) is 2.01. The van der Waals surface area contributed by atoms with Gasteiger partial charge in [-0.2, -0.15) is 0 Å². The molecule has 0 saturated heterocycles. The van der Waals surface area contributed by atoms with E-state index in [2.05, 4.69) is 0 Å². The molecule has 1 aromatic carbocycles. The average Bonchev–Trinajstić information content (AvgIpc) is 1.97. The largest absolute Gasteiger partial charge is 1.00 e. The molecule has 0 N–H and O–H groups in total. The Hall–Kier alpha value is -0.160. The first-order chi connectivity index (χ1) is 5.54. The van der Waals surface area contributed by atoms with Crippen molar-refractivity contribution in [1.82, 2.24) is 0 Å². The number of benzene rings is 1. The summed E-state index contributed by atoms with van der Waals surface area (Å²) in [6.07, 6.45) is 0. The van der Waals surface area contributed by atoms with Gasteiger partial charge in [0.25, 0.3) is 0 Å². The maximum atomic E-state index is 12.6. The van der Waals surface area contributed by atoms with Crippen LogP contribution < -0.4 is 34.7 Å². The molecule has 0 radical (unpaired) electrons. The molecule has 6 heteroatoms. The fourth-order valence-corrected chi connectivity index (χ4v) is 0.945. The molecule has 0 bridgehead atoms. The first kappa shape index (κ1) is 12.8. The van der Waals surface area contributed by atoms with Crippen LogP contribution in [0.3, 0.4) is 0 Å². The molecular weight excluding hydrogens is 213 g/mol. The average molecular weight is 215 g/mol. The third-order valence-corrected chi connectivity index (χ3v) is 1.62. The number of hydrogen-bond donors (Lipinski definition) is 0. The zero-order chi connectivity index (χ0) is 9.30. The van der Waals surface area contributed by atoms with E-state index in [1.54, 1.807) is 0 Å². The van der Waals surface area contributed by atoms with E-state index in [0.29, 0.717) is 6.07 Å². The van der Waals surface area contributed by atoms with Crippen LogP contribution in [-0.2, 0) is 0 Å². The zero-order valence-electron chi connectivity index (χ0n) is 6.61. The molecule has 0 aliphatic heterocycles. The number of aromatic carboxylic acids is 1. The van der Waals surface area contributed by atoms with Crippen molar-refractivity contribution in [2.24, 2.45) is 0 Å². The van der Waals surface area contributed by atoms with Crippen LogP contribution in [0.2, 0.25) is 5.02 Å². The summed E-state index contributed by atoms with van der Waals surface area (Å²) in [4.78, 5) is 10.2. The number of carboxylic acid groups (broad SMARTS) is 1. The molecule has 0 aliphatic carbocycles. The first-order valence-corrected chi connectivity index (χ1v) is 3.26. The second-order valence-corrected chi connectivity index (χ2v) is 2.38. The summed E-state index contributed by atoms with van der Waals surface area (Å²) >= 11 is 5.16. The van der Waals surface area contributed by atoms with Gasteiger partial charge in [-0.15, -0.1) is 0 Å². The molecule has 0 unspecified atom stereocenters. The van der Waals surface area contributed by atoms with Crippen LogP contribution in [0.4, 0.5) is 8.78 Å². The summed E-state index contributed by atoms with van der Waals surface area (Å²) in [6, 6.07) is 1.41. The van der Waals surface area contributed by atoms with E-state index in [9.17, 15) is 18.7 Å². The maximum absolute atomic E-state index is 12.6. The number of carboxylic acids is 1. The summed E-state index contributed by atoms with van der Waals surface area (Å²) in [5, 5.41) is 9.42. The molecule has 0 amide bonds. The van der Waals surface area contributed by atoms with Crippen LogP contribution in [0, 0.1) is 11.6 Å². The number of hydrogen-bond acceptors (Lipinski definition) is 2. The molecule has 13 heavy (non-hydrogen) atoms. The van der Waals surface area contributed by atoms with Crippen molar-refractivity contribution in [2.45, 2.75) is 0 Å². The van der Waals surface area contributed by atoms with Crippen LogP contribution in [0.5, 0.6) is 0 Å². The number of carbonyl (C=O) groups is 1. The van der Waals surface area contributed by atoms with Crippen LogP contribution in [0.25, 0.3) is 0 Å². The second kappa shape index (κ2) is 4.91. The Kier molecular flexibility index (Phi) is 4.85. The Morgan fingerprint density at radius 1 is 1.31 bits per heavy atom. The number of carbonyl (C=O) groups excluding carboxylic acids is 1. The van der Waals surface area contributed by atoms with Crippen molar-refractivity contribution < 1.29 is 48.2 Å². The molecule has 0 heterocycles. The summed E-state index contributed by atoms with van der Waals surface area (Å²) in [6.45, 7) is 0. The normalized spacial score (nSPS) is 9.15. The molecule has 0 aliphatic rings. The smallest absolute Gasteiger partial charge is 0.545 e. The first-order valence-electron chi connectivity index (χ1n) is 2.89. The van der Waals surface area contributed by atoms with Crippen LogP contribution >= 0.6 is 11.6 Å². The Bertz CT molecular complexity index is 344. The van der Waals surface area contributed by atoms with E-state index in [1.807, 2.05) is 0 Å². The van der Waals surface area contributed by atoms with Crippen LogP contribution in [0.15, 0.2) is 12.1 Å². The topological polar surface area (TPSA) is 40.1 Å². The van der Waals surface area contributed by atoms with Gasteiger partial charge in [0.2, 0.25) is 0 Å². The van der Waals surface area contributed by atoms with E-state index in [4.69, 9.17) is 11.6 Å². The Labute approximate surface area is 99.8 Å². The number of rotatable bonds is 1. The molecule has 64 valence electrons. The van der Waals surface area contributed by atoms with Crippen molar-refractivity contribution in [1.29, 1.82) is 0 Å². The summed E-state index contributed by atoms with van der Waals surface area (Å²) in [7, 11) is 0. The summed E-state index contributed by atoms with van der Waals surface area (Å²) in [5.74, 6) is -3.93. The minimum absolute atomic E-state index is 0. The Balaban J connectivity index is 0.00000144. The van der Waals surface area contributed by atoms with E-state index in [1.165, 1.54) is 0 Å². The molecular formula is C7H2ClF2NaO2. The molecule has 0 spiro atoms. The van der Waals surface area contributed by atoms with Crippen molar-refractivity contribution >= 4 is 17.6 Å². The maximum Gasteiger partial charge on any atom is 1.00 e. The van der Waals surface area contributed by atoms with Crippen molar-refractivity contribution in [3.63, 3.8) is 0 Å². The van der Waals surface area contributed by atoms with Gasteiger partial charge in [0.15, 0.2) is 0 Å². The van der Waals surface area contributed by atoms with Gasteiger partial charge in [0.1, 0.15) is 11.6 Å². The molecule has 0 fully saturated rings. The van der Waals surface area contributed by atoms with Crippen molar-refractivity contribution in [3.05, 3.63) is 34.4 Å².